The van der Waals surface area contributed by atoms with Crippen LogP contribution in [0.25, 0.3) is 0 Å². The fourth-order valence-electron chi connectivity index (χ4n) is 1.60. The van der Waals surface area contributed by atoms with Crippen LogP contribution in [0.1, 0.15) is 5.76 Å². The van der Waals surface area contributed by atoms with Crippen molar-refractivity contribution in [3.63, 3.8) is 0 Å². The molecule has 0 aliphatic carbocycles. The van der Waals surface area contributed by atoms with Crippen molar-refractivity contribution in [2.45, 2.75) is 11.3 Å². The summed E-state index contributed by atoms with van der Waals surface area (Å²) in [5.41, 5.74) is 0. The highest BCUT2D eigenvalue weighted by molar-refractivity contribution is 7.89. The first-order valence-corrected chi connectivity index (χ1v) is 7.74. The van der Waals surface area contributed by atoms with Crippen LogP contribution in [0.3, 0.4) is 0 Å². The summed E-state index contributed by atoms with van der Waals surface area (Å²) in [6.45, 7) is 0.237. The SMILES string of the molecule is CNc1ncc(S(=O)(=O)NCCc2ccco2)cc1Cl. The Hall–Kier alpha value is -1.57. The molecule has 0 fully saturated rings. The summed E-state index contributed by atoms with van der Waals surface area (Å²) in [5, 5.41) is 3.02. The number of anilines is 1. The maximum Gasteiger partial charge on any atom is 0.242 e. The van der Waals surface area contributed by atoms with Crippen LogP contribution in [0.5, 0.6) is 0 Å². The summed E-state index contributed by atoms with van der Waals surface area (Å²) in [5.74, 6) is 1.15. The number of nitrogens with zero attached hydrogens (tertiary/aromatic N) is 1. The van der Waals surface area contributed by atoms with E-state index < -0.39 is 10.0 Å². The summed E-state index contributed by atoms with van der Waals surface area (Å²) >= 11 is 5.92. The highest BCUT2D eigenvalue weighted by Crippen LogP contribution is 2.21. The molecule has 2 aromatic heterocycles. The molecule has 108 valence electrons. The third-order valence-corrected chi connectivity index (χ3v) is 4.32. The number of halogens is 1. The molecule has 0 saturated heterocycles. The maximum atomic E-state index is 12.1. The molecule has 0 amide bonds. The quantitative estimate of drug-likeness (QED) is 0.850. The van der Waals surface area contributed by atoms with E-state index in [9.17, 15) is 8.42 Å². The first-order valence-electron chi connectivity index (χ1n) is 5.88. The van der Waals surface area contributed by atoms with Gasteiger partial charge in [0.15, 0.2) is 0 Å². The maximum absolute atomic E-state index is 12.1. The average molecular weight is 316 g/mol. The van der Waals surface area contributed by atoms with Crippen molar-refractivity contribution in [3.8, 4) is 0 Å². The topological polar surface area (TPSA) is 84.2 Å². The zero-order valence-electron chi connectivity index (χ0n) is 10.8. The van der Waals surface area contributed by atoms with E-state index in [-0.39, 0.29) is 16.5 Å². The molecular weight excluding hydrogens is 302 g/mol. The van der Waals surface area contributed by atoms with Gasteiger partial charge < -0.3 is 9.73 Å². The largest absolute Gasteiger partial charge is 0.469 e. The molecule has 0 radical (unpaired) electrons. The second-order valence-electron chi connectivity index (χ2n) is 3.98. The number of pyridine rings is 1. The summed E-state index contributed by atoms with van der Waals surface area (Å²) in [6, 6.07) is 4.90. The van der Waals surface area contributed by atoms with Gasteiger partial charge in [0.1, 0.15) is 16.5 Å². The number of aromatic nitrogens is 1. The average Bonchev–Trinajstić information content (AvgIpc) is 2.91. The van der Waals surface area contributed by atoms with Crippen LogP contribution in [0, 0.1) is 0 Å². The van der Waals surface area contributed by atoms with E-state index >= 15 is 0 Å². The van der Waals surface area contributed by atoms with Gasteiger partial charge in [-0.2, -0.15) is 0 Å². The summed E-state index contributed by atoms with van der Waals surface area (Å²) in [6.07, 6.45) is 3.28. The molecule has 0 atom stereocenters. The molecule has 0 aliphatic rings. The van der Waals surface area contributed by atoms with E-state index in [0.717, 1.165) is 5.76 Å². The number of hydrogen-bond acceptors (Lipinski definition) is 5. The van der Waals surface area contributed by atoms with Crippen molar-refractivity contribution < 1.29 is 12.8 Å². The number of hydrogen-bond donors (Lipinski definition) is 2. The monoisotopic (exact) mass is 315 g/mol. The number of nitrogens with one attached hydrogen (secondary N) is 2. The normalized spacial score (nSPS) is 11.5. The Morgan fingerprint density at radius 2 is 2.25 bits per heavy atom. The molecule has 2 heterocycles. The Bertz CT molecular complexity index is 671. The molecule has 0 saturated carbocycles. The first-order chi connectivity index (χ1) is 9.53. The molecule has 0 unspecified atom stereocenters. The van der Waals surface area contributed by atoms with Gasteiger partial charge in [0.05, 0.1) is 11.3 Å². The van der Waals surface area contributed by atoms with Gasteiger partial charge in [0.2, 0.25) is 10.0 Å². The smallest absolute Gasteiger partial charge is 0.242 e. The van der Waals surface area contributed by atoms with Gasteiger partial charge in [-0.15, -0.1) is 0 Å². The molecule has 20 heavy (non-hydrogen) atoms. The van der Waals surface area contributed by atoms with Crippen LogP contribution in [-0.4, -0.2) is 27.0 Å². The molecule has 2 rings (SSSR count). The third kappa shape index (κ3) is 3.50. The van der Waals surface area contributed by atoms with Gasteiger partial charge in [-0.05, 0) is 18.2 Å². The van der Waals surface area contributed by atoms with Gasteiger partial charge in [0.25, 0.3) is 0 Å². The molecule has 6 nitrogen and oxygen atoms in total. The standard InChI is InChI=1S/C12H14ClN3O3S/c1-14-12-11(13)7-10(8-15-12)20(17,18)16-5-4-9-3-2-6-19-9/h2-3,6-8,16H,4-5H2,1H3,(H,14,15). The fraction of sp³-hybridized carbons (Fsp3) is 0.250. The minimum absolute atomic E-state index is 0.0287. The highest BCUT2D eigenvalue weighted by Gasteiger charge is 2.16. The first kappa shape index (κ1) is 14.8. The summed E-state index contributed by atoms with van der Waals surface area (Å²) in [7, 11) is -1.97. The zero-order valence-corrected chi connectivity index (χ0v) is 12.3. The van der Waals surface area contributed by atoms with E-state index in [2.05, 4.69) is 15.0 Å². The van der Waals surface area contributed by atoms with Crippen LogP contribution < -0.4 is 10.0 Å². The molecule has 0 bridgehead atoms. The lowest BCUT2D eigenvalue weighted by molar-refractivity contribution is 0.506. The van der Waals surface area contributed by atoms with Crippen molar-refractivity contribution in [3.05, 3.63) is 41.4 Å². The van der Waals surface area contributed by atoms with Crippen molar-refractivity contribution in [1.29, 1.82) is 0 Å². The van der Waals surface area contributed by atoms with E-state index in [1.165, 1.54) is 12.3 Å². The third-order valence-electron chi connectivity index (χ3n) is 2.61. The lowest BCUT2D eigenvalue weighted by atomic mass is 10.3. The van der Waals surface area contributed by atoms with E-state index in [1.807, 2.05) is 0 Å². The minimum Gasteiger partial charge on any atom is -0.469 e. The number of rotatable bonds is 6. The molecule has 2 N–H and O–H groups in total. The predicted octanol–water partition coefficient (Wildman–Crippen LogP) is 1.89. The van der Waals surface area contributed by atoms with Crippen molar-refractivity contribution in [1.82, 2.24) is 9.71 Å². The van der Waals surface area contributed by atoms with Crippen LogP contribution in [0.4, 0.5) is 5.82 Å². The Morgan fingerprint density at radius 1 is 1.45 bits per heavy atom. The molecule has 2 aromatic rings. The molecular formula is C12H14ClN3O3S. The van der Waals surface area contributed by atoms with Gasteiger partial charge in [-0.3, -0.25) is 0 Å². The summed E-state index contributed by atoms with van der Waals surface area (Å²) < 4.78 is 31.7. The Labute approximate surface area is 122 Å². The minimum atomic E-state index is -3.63. The number of furan rings is 1. The molecule has 0 aliphatic heterocycles. The molecule has 8 heteroatoms. The van der Waals surface area contributed by atoms with Gasteiger partial charge in [-0.25, -0.2) is 18.1 Å². The van der Waals surface area contributed by atoms with Gasteiger partial charge in [-0.1, -0.05) is 11.6 Å². The zero-order chi connectivity index (χ0) is 14.6. The lowest BCUT2D eigenvalue weighted by Crippen LogP contribution is -2.26. The second kappa shape index (κ2) is 6.25. The van der Waals surface area contributed by atoms with Crippen LogP contribution >= 0.6 is 11.6 Å². The second-order valence-corrected chi connectivity index (χ2v) is 6.15. The Kier molecular flexibility index (Phi) is 4.64. The number of sulfonamides is 1. The predicted molar refractivity (Wildman–Crippen MR) is 76.4 cm³/mol. The Balaban J connectivity index is 2.04. The van der Waals surface area contributed by atoms with E-state index in [1.54, 1.807) is 25.4 Å². The van der Waals surface area contributed by atoms with Gasteiger partial charge >= 0.3 is 0 Å². The van der Waals surface area contributed by atoms with E-state index in [0.29, 0.717) is 12.2 Å². The van der Waals surface area contributed by atoms with Crippen LogP contribution in [0.2, 0.25) is 5.02 Å². The molecule has 0 aromatic carbocycles. The van der Waals surface area contributed by atoms with Crippen LogP contribution in [0.15, 0.2) is 40.0 Å². The lowest BCUT2D eigenvalue weighted by Gasteiger charge is -2.08. The summed E-state index contributed by atoms with van der Waals surface area (Å²) in [4.78, 5) is 3.97. The van der Waals surface area contributed by atoms with Crippen molar-refractivity contribution in [2.24, 2.45) is 0 Å². The van der Waals surface area contributed by atoms with Gasteiger partial charge in [0, 0.05) is 26.2 Å². The van der Waals surface area contributed by atoms with Crippen LogP contribution in [-0.2, 0) is 16.4 Å². The molecule has 0 spiro atoms. The van der Waals surface area contributed by atoms with E-state index in [4.69, 9.17) is 16.0 Å². The fourth-order valence-corrected chi connectivity index (χ4v) is 2.93. The highest BCUT2D eigenvalue weighted by atomic mass is 35.5. The van der Waals surface area contributed by atoms with Crippen molar-refractivity contribution >= 4 is 27.4 Å². The Morgan fingerprint density at radius 3 is 2.85 bits per heavy atom. The van der Waals surface area contributed by atoms with Crippen molar-refractivity contribution in [2.75, 3.05) is 18.9 Å².